The molecule has 0 amide bonds. The smallest absolute Gasteiger partial charge is 0.214 e. The van der Waals surface area contributed by atoms with Crippen LogP contribution in [0.5, 0.6) is 0 Å². The van der Waals surface area contributed by atoms with Crippen molar-refractivity contribution in [3.63, 3.8) is 0 Å². The van der Waals surface area contributed by atoms with Gasteiger partial charge < -0.3 is 4.74 Å². The molecular weight excluding hydrogens is 190 g/mol. The van der Waals surface area contributed by atoms with E-state index in [1.165, 1.54) is 0 Å². The fourth-order valence-corrected chi connectivity index (χ4v) is 2.08. The van der Waals surface area contributed by atoms with Crippen molar-refractivity contribution < 1.29 is 13.2 Å². The number of rotatable bonds is 6. The van der Waals surface area contributed by atoms with Gasteiger partial charge >= 0.3 is 0 Å². The molecule has 0 heterocycles. The van der Waals surface area contributed by atoms with Gasteiger partial charge in [0.2, 0.25) is 10.0 Å². The lowest BCUT2D eigenvalue weighted by Crippen LogP contribution is -2.30. The van der Waals surface area contributed by atoms with Crippen LogP contribution < -0.4 is 4.72 Å². The van der Waals surface area contributed by atoms with Crippen LogP contribution in [-0.4, -0.2) is 32.9 Å². The molecule has 4 nitrogen and oxygen atoms in total. The molecule has 0 radical (unpaired) electrons. The van der Waals surface area contributed by atoms with E-state index in [0.717, 1.165) is 12.8 Å². The van der Waals surface area contributed by atoms with Crippen LogP contribution in [0.15, 0.2) is 0 Å². The molecule has 1 rings (SSSR count). The number of sulfonamides is 1. The van der Waals surface area contributed by atoms with Crippen molar-refractivity contribution in [1.82, 2.24) is 4.72 Å². The van der Waals surface area contributed by atoms with Crippen molar-refractivity contribution in [2.45, 2.75) is 38.8 Å². The lowest BCUT2D eigenvalue weighted by molar-refractivity contribution is 0.0911. The van der Waals surface area contributed by atoms with Crippen LogP contribution in [0, 0.1) is 0 Å². The molecule has 1 aliphatic rings. The van der Waals surface area contributed by atoms with Crippen molar-refractivity contribution in [3.8, 4) is 0 Å². The summed E-state index contributed by atoms with van der Waals surface area (Å²) < 4.78 is 30.3. The van der Waals surface area contributed by atoms with Gasteiger partial charge in [-0.3, -0.25) is 0 Å². The Balaban J connectivity index is 2.17. The minimum absolute atomic E-state index is 0.0711. The van der Waals surface area contributed by atoms with E-state index in [2.05, 4.69) is 4.72 Å². The van der Waals surface area contributed by atoms with Gasteiger partial charge in [-0.25, -0.2) is 13.1 Å². The molecule has 0 atom stereocenters. The predicted molar refractivity (Wildman–Crippen MR) is 51.0 cm³/mol. The molecule has 0 saturated heterocycles. The fourth-order valence-electron chi connectivity index (χ4n) is 0.908. The summed E-state index contributed by atoms with van der Waals surface area (Å²) in [6.07, 6.45) is 2.05. The molecule has 1 fully saturated rings. The molecule has 0 aromatic rings. The fraction of sp³-hybridized carbons (Fsp3) is 1.00. The highest BCUT2D eigenvalue weighted by Gasteiger charge is 2.26. The SMILES string of the molecule is CC(C)OCCS(=O)(=O)NC1CC1. The Bertz CT molecular complexity index is 244. The monoisotopic (exact) mass is 207 g/mol. The van der Waals surface area contributed by atoms with Crippen LogP contribution in [0.25, 0.3) is 0 Å². The van der Waals surface area contributed by atoms with E-state index in [9.17, 15) is 8.42 Å². The molecule has 0 aliphatic heterocycles. The van der Waals surface area contributed by atoms with Crippen molar-refractivity contribution in [1.29, 1.82) is 0 Å². The molecule has 13 heavy (non-hydrogen) atoms. The molecule has 1 N–H and O–H groups in total. The maximum atomic E-state index is 11.3. The molecule has 0 unspecified atom stereocenters. The third-order valence-corrected chi connectivity index (χ3v) is 3.12. The van der Waals surface area contributed by atoms with Crippen molar-refractivity contribution in [2.75, 3.05) is 12.4 Å². The highest BCUT2D eigenvalue weighted by molar-refractivity contribution is 7.89. The lowest BCUT2D eigenvalue weighted by Gasteiger charge is -2.08. The lowest BCUT2D eigenvalue weighted by atomic mass is 10.5. The van der Waals surface area contributed by atoms with Crippen molar-refractivity contribution in [3.05, 3.63) is 0 Å². The first-order valence-electron chi connectivity index (χ1n) is 4.61. The summed E-state index contributed by atoms with van der Waals surface area (Å²) in [6, 6.07) is 0.198. The molecule has 78 valence electrons. The summed E-state index contributed by atoms with van der Waals surface area (Å²) in [5.74, 6) is 0.0711. The molecule has 5 heteroatoms. The average Bonchev–Trinajstić information content (AvgIpc) is 2.68. The van der Waals surface area contributed by atoms with Gasteiger partial charge in [0.1, 0.15) is 0 Å². The molecule has 1 aliphatic carbocycles. The zero-order valence-corrected chi connectivity index (χ0v) is 8.93. The molecule has 0 aromatic carbocycles. The highest BCUT2D eigenvalue weighted by Crippen LogP contribution is 2.19. The summed E-state index contributed by atoms with van der Waals surface area (Å²) in [5.41, 5.74) is 0. The average molecular weight is 207 g/mol. The minimum Gasteiger partial charge on any atom is -0.378 e. The van der Waals surface area contributed by atoms with Crippen LogP contribution >= 0.6 is 0 Å². The maximum absolute atomic E-state index is 11.3. The van der Waals surface area contributed by atoms with Crippen LogP contribution in [0.2, 0.25) is 0 Å². The topological polar surface area (TPSA) is 55.4 Å². The molecule has 1 saturated carbocycles. The minimum atomic E-state index is -3.09. The van der Waals surface area contributed by atoms with Crippen LogP contribution in [0.1, 0.15) is 26.7 Å². The number of nitrogens with one attached hydrogen (secondary N) is 1. The summed E-state index contributed by atoms with van der Waals surface area (Å²) in [4.78, 5) is 0. The van der Waals surface area contributed by atoms with Gasteiger partial charge in [0.25, 0.3) is 0 Å². The normalized spacial score (nSPS) is 18.1. The standard InChI is InChI=1S/C8H17NO3S/c1-7(2)12-5-6-13(10,11)9-8-3-4-8/h7-9H,3-6H2,1-2H3. The summed E-state index contributed by atoms with van der Waals surface area (Å²) in [7, 11) is -3.09. The van der Waals surface area contributed by atoms with E-state index >= 15 is 0 Å². The Hall–Kier alpha value is -0.130. The zero-order valence-electron chi connectivity index (χ0n) is 8.12. The maximum Gasteiger partial charge on any atom is 0.214 e. The number of hydrogen-bond acceptors (Lipinski definition) is 3. The number of ether oxygens (including phenoxy) is 1. The Kier molecular flexibility index (Phi) is 3.70. The van der Waals surface area contributed by atoms with Gasteiger partial charge in [-0.05, 0) is 26.7 Å². The second kappa shape index (κ2) is 4.39. The van der Waals surface area contributed by atoms with E-state index in [0.29, 0.717) is 0 Å². The van der Waals surface area contributed by atoms with E-state index < -0.39 is 10.0 Å². The summed E-state index contributed by atoms with van der Waals surface area (Å²) >= 11 is 0. The highest BCUT2D eigenvalue weighted by atomic mass is 32.2. The quantitative estimate of drug-likeness (QED) is 0.689. The van der Waals surface area contributed by atoms with Gasteiger partial charge in [-0.1, -0.05) is 0 Å². The Morgan fingerprint density at radius 1 is 1.46 bits per heavy atom. The largest absolute Gasteiger partial charge is 0.378 e. The summed E-state index contributed by atoms with van der Waals surface area (Å²) in [5, 5.41) is 0. The first-order valence-corrected chi connectivity index (χ1v) is 6.26. The van der Waals surface area contributed by atoms with Crippen molar-refractivity contribution >= 4 is 10.0 Å². The van der Waals surface area contributed by atoms with Crippen molar-refractivity contribution in [2.24, 2.45) is 0 Å². The first-order chi connectivity index (χ1) is 5.99. The van der Waals surface area contributed by atoms with Crippen LogP contribution in [0.3, 0.4) is 0 Å². The van der Waals surface area contributed by atoms with Gasteiger partial charge in [0, 0.05) is 6.04 Å². The van der Waals surface area contributed by atoms with Gasteiger partial charge in [0.15, 0.2) is 0 Å². The summed E-state index contributed by atoms with van der Waals surface area (Å²) in [6.45, 7) is 4.06. The molecule has 0 spiro atoms. The molecule has 0 bridgehead atoms. The first kappa shape index (κ1) is 10.9. The number of hydrogen-bond donors (Lipinski definition) is 1. The van der Waals surface area contributed by atoms with Gasteiger partial charge in [-0.2, -0.15) is 0 Å². The second-order valence-electron chi connectivity index (χ2n) is 3.63. The second-order valence-corrected chi connectivity index (χ2v) is 5.50. The van der Waals surface area contributed by atoms with E-state index in [1.54, 1.807) is 0 Å². The molecular formula is C8H17NO3S. The third kappa shape index (κ3) is 5.23. The van der Waals surface area contributed by atoms with Crippen LogP contribution in [0.4, 0.5) is 0 Å². The van der Waals surface area contributed by atoms with E-state index in [-0.39, 0.29) is 24.5 Å². The van der Waals surface area contributed by atoms with E-state index in [1.807, 2.05) is 13.8 Å². The molecule has 0 aromatic heterocycles. The Morgan fingerprint density at radius 2 is 2.08 bits per heavy atom. The van der Waals surface area contributed by atoms with Crippen LogP contribution in [-0.2, 0) is 14.8 Å². The zero-order chi connectivity index (χ0) is 9.90. The van der Waals surface area contributed by atoms with E-state index in [4.69, 9.17) is 4.74 Å². The van der Waals surface area contributed by atoms with Gasteiger partial charge in [-0.15, -0.1) is 0 Å². The predicted octanol–water partition coefficient (Wildman–Crippen LogP) is 0.493. The Labute approximate surface area is 79.7 Å². The Morgan fingerprint density at radius 3 is 2.54 bits per heavy atom. The van der Waals surface area contributed by atoms with Gasteiger partial charge in [0.05, 0.1) is 18.5 Å². The third-order valence-electron chi connectivity index (χ3n) is 1.73.